The van der Waals surface area contributed by atoms with Crippen LogP contribution in [0.1, 0.15) is 273 Å². The van der Waals surface area contributed by atoms with Crippen LogP contribution in [0.25, 0.3) is 11.1 Å². The Morgan fingerprint density at radius 3 is 0.845 bits per heavy atom. The molecule has 2 nitrogen and oxygen atoms in total. The fourth-order valence-corrected chi connectivity index (χ4v) is 17.6. The van der Waals surface area contributed by atoms with Crippen molar-refractivity contribution in [1.82, 2.24) is 0 Å². The van der Waals surface area contributed by atoms with Gasteiger partial charge in [0.25, 0.3) is 0 Å². The fourth-order valence-electron chi connectivity index (χ4n) is 17.6. The molecule has 2 fully saturated rings. The van der Waals surface area contributed by atoms with Crippen molar-refractivity contribution in [2.45, 2.75) is 287 Å². The van der Waals surface area contributed by atoms with Gasteiger partial charge < -0.3 is 9.80 Å². The van der Waals surface area contributed by atoms with Gasteiger partial charge in [-0.15, -0.1) is 0 Å². The molecule has 9 rings (SSSR count). The van der Waals surface area contributed by atoms with Crippen LogP contribution in [0.15, 0.2) is 97.1 Å². The molecule has 0 N–H and O–H groups in total. The second-order valence-corrected chi connectivity index (χ2v) is 28.4. The highest BCUT2D eigenvalue weighted by atomic mass is 15.2. The van der Waals surface area contributed by atoms with Gasteiger partial charge in [0.05, 0.1) is 11.4 Å². The van der Waals surface area contributed by atoms with E-state index in [2.05, 4.69) is 190 Å². The van der Waals surface area contributed by atoms with Crippen LogP contribution in [-0.2, 0) is 10.8 Å². The van der Waals surface area contributed by atoms with Crippen LogP contribution in [-0.4, -0.2) is 0 Å². The van der Waals surface area contributed by atoms with Gasteiger partial charge in [-0.1, -0.05) is 240 Å². The Labute approximate surface area is 514 Å². The number of anilines is 6. The van der Waals surface area contributed by atoms with Crippen molar-refractivity contribution in [2.24, 2.45) is 11.8 Å². The van der Waals surface area contributed by atoms with E-state index in [4.69, 9.17) is 0 Å². The molecular formula is C82H114N2. The Hall–Kier alpha value is -5.08. The predicted molar refractivity (Wildman–Crippen MR) is 369 cm³/mol. The number of rotatable bonds is 32. The Morgan fingerprint density at radius 1 is 0.298 bits per heavy atom. The number of unbranched alkanes of at least 4 members (excludes halogenated alkanes) is 22. The fraction of sp³-hybridized carbons (Fsp3) is 0.561. The lowest BCUT2D eigenvalue weighted by Gasteiger charge is -2.48. The summed E-state index contributed by atoms with van der Waals surface area (Å²) in [6.45, 7) is 27.7. The summed E-state index contributed by atoms with van der Waals surface area (Å²) in [4.78, 5) is 5.32. The summed E-state index contributed by atoms with van der Waals surface area (Å²) < 4.78 is 0. The van der Waals surface area contributed by atoms with E-state index in [-0.39, 0.29) is 10.8 Å². The first-order chi connectivity index (χ1) is 40.6. The topological polar surface area (TPSA) is 6.48 Å². The van der Waals surface area contributed by atoms with Gasteiger partial charge in [0, 0.05) is 33.6 Å². The number of benzene rings is 6. The molecule has 0 saturated heterocycles. The van der Waals surface area contributed by atoms with Crippen molar-refractivity contribution in [3.63, 3.8) is 0 Å². The van der Waals surface area contributed by atoms with Crippen molar-refractivity contribution >= 4 is 34.1 Å². The first-order valence-electron chi connectivity index (χ1n) is 34.9. The van der Waals surface area contributed by atoms with Crippen LogP contribution in [0.5, 0.6) is 0 Å². The van der Waals surface area contributed by atoms with E-state index in [0.717, 1.165) is 0 Å². The number of hydrogen-bond donors (Lipinski definition) is 0. The van der Waals surface area contributed by atoms with Gasteiger partial charge in [0.1, 0.15) is 0 Å². The second kappa shape index (κ2) is 29.5. The van der Waals surface area contributed by atoms with E-state index in [1.807, 2.05) is 0 Å². The minimum absolute atomic E-state index is 0.0551. The van der Waals surface area contributed by atoms with E-state index in [9.17, 15) is 0 Å². The maximum Gasteiger partial charge on any atom is 0.0520 e. The molecule has 6 aromatic carbocycles. The number of hydrogen-bond acceptors (Lipinski definition) is 2. The minimum atomic E-state index is 0.0551. The number of fused-ring (bicyclic) bond motifs is 3. The quantitative estimate of drug-likeness (QED) is 0.0389. The molecule has 0 aromatic heterocycles. The molecule has 0 amide bonds. The zero-order valence-electron chi connectivity index (χ0n) is 55.5. The average molecular weight is 1130 g/mol. The third-order valence-electron chi connectivity index (χ3n) is 20.9. The second-order valence-electron chi connectivity index (χ2n) is 28.4. The van der Waals surface area contributed by atoms with E-state index in [1.165, 1.54) is 294 Å². The van der Waals surface area contributed by atoms with Gasteiger partial charge in [0.15, 0.2) is 0 Å². The van der Waals surface area contributed by atoms with E-state index in [0.29, 0.717) is 11.8 Å². The van der Waals surface area contributed by atoms with Crippen molar-refractivity contribution < 1.29 is 0 Å². The smallest absolute Gasteiger partial charge is 0.0520 e. The summed E-state index contributed by atoms with van der Waals surface area (Å²) in [7, 11) is 0. The van der Waals surface area contributed by atoms with Gasteiger partial charge in [-0.3, -0.25) is 0 Å². The molecule has 0 radical (unpaired) electrons. The molecule has 0 aliphatic heterocycles. The summed E-state index contributed by atoms with van der Waals surface area (Å²) in [6, 6.07) is 39.8. The summed E-state index contributed by atoms with van der Waals surface area (Å²) >= 11 is 0. The van der Waals surface area contributed by atoms with E-state index < -0.39 is 0 Å². The molecule has 6 aromatic rings. The first-order valence-corrected chi connectivity index (χ1v) is 34.9. The highest BCUT2D eigenvalue weighted by Gasteiger charge is 2.66. The molecule has 84 heavy (non-hydrogen) atoms. The third kappa shape index (κ3) is 14.7. The Kier molecular flexibility index (Phi) is 22.3. The monoisotopic (exact) mass is 1130 g/mol. The Morgan fingerprint density at radius 2 is 0.560 bits per heavy atom. The van der Waals surface area contributed by atoms with Crippen molar-refractivity contribution in [1.29, 1.82) is 0 Å². The molecule has 3 aliphatic rings. The minimum Gasteiger partial charge on any atom is -0.310 e. The number of aryl methyl sites for hydroxylation is 10. The highest BCUT2D eigenvalue weighted by molar-refractivity contribution is 5.89. The third-order valence-corrected chi connectivity index (χ3v) is 20.9. The van der Waals surface area contributed by atoms with E-state index >= 15 is 0 Å². The molecular weight excluding hydrogens is 1010 g/mol. The van der Waals surface area contributed by atoms with Gasteiger partial charge in [0.2, 0.25) is 0 Å². The van der Waals surface area contributed by atoms with Crippen molar-refractivity contribution in [2.75, 3.05) is 9.80 Å². The maximum atomic E-state index is 2.77. The number of nitrogens with zero attached hydrogens (tertiary/aromatic N) is 2. The molecule has 2 saturated carbocycles. The summed E-state index contributed by atoms with van der Waals surface area (Å²) in [5.41, 5.74) is 27.5. The van der Waals surface area contributed by atoms with Gasteiger partial charge in [-0.05, 0) is 222 Å². The van der Waals surface area contributed by atoms with Gasteiger partial charge >= 0.3 is 0 Å². The summed E-state index contributed by atoms with van der Waals surface area (Å²) in [5, 5.41) is 0. The van der Waals surface area contributed by atoms with Crippen LogP contribution in [0.3, 0.4) is 0 Å². The van der Waals surface area contributed by atoms with Crippen LogP contribution in [0.4, 0.5) is 34.1 Å². The van der Waals surface area contributed by atoms with Crippen molar-refractivity contribution in [3.8, 4) is 11.1 Å². The Bertz CT molecular complexity index is 2800. The normalized spacial score (nSPS) is 18.7. The van der Waals surface area contributed by atoms with Crippen LogP contribution in [0.2, 0.25) is 0 Å². The van der Waals surface area contributed by atoms with Crippen LogP contribution < -0.4 is 9.80 Å². The lowest BCUT2D eigenvalue weighted by molar-refractivity contribution is 0.299. The highest BCUT2D eigenvalue weighted by Crippen LogP contribution is 2.73. The first kappa shape index (κ1) is 63.4. The SMILES string of the molecule is CCCCCCCCCCCCCCC1CC23CC(CCCCCCCCCCCCCC)CC2(C1)c1cc(N(c2cc(C)cc(C)c2)c2c(C)cc(C)cc2C)ccc1-c1ccc(N(c2cc(C)cc(C)c2)c2c(C)cc(C)cc2C)cc13. The molecule has 2 heteroatoms. The summed E-state index contributed by atoms with van der Waals surface area (Å²) in [5.74, 6) is 1.42. The van der Waals surface area contributed by atoms with Crippen LogP contribution >= 0.6 is 0 Å². The molecule has 0 heterocycles. The average Bonchev–Trinajstić information content (AvgIpc) is 1.53. The van der Waals surface area contributed by atoms with Gasteiger partial charge in [-0.2, -0.15) is 0 Å². The summed E-state index contributed by atoms with van der Waals surface area (Å²) in [6.07, 6.45) is 41.7. The molecule has 452 valence electrons. The molecule has 0 bridgehead atoms. The molecule has 3 aliphatic carbocycles. The van der Waals surface area contributed by atoms with Crippen LogP contribution in [0, 0.1) is 81.1 Å². The Balaban J connectivity index is 1.13. The standard InChI is InChI=1S/C82H114N2/c1-13-15-17-19-21-23-25-27-29-31-33-35-37-69-55-81-57-70(38-36-34-32-30-28-26-24-22-20-18-16-14-2)58-82(81,56-69)78-54-72(84(74-51-61(5)44-62(6)52-74)80-67(11)47-64(8)48-68(80)12)40-42-76(78)75-41-39-71(53-77(75)81)83(73-49-59(3)43-60(4)50-73)79-65(9)45-63(7)46-66(79)10/h39-54,69-70H,13-38,55-58H2,1-12H3. The lowest BCUT2D eigenvalue weighted by Crippen LogP contribution is -2.43. The molecule has 0 atom stereocenters. The van der Waals surface area contributed by atoms with Crippen molar-refractivity contribution in [3.05, 3.63) is 164 Å². The molecule has 0 spiro atoms. The molecule has 0 unspecified atom stereocenters. The largest absolute Gasteiger partial charge is 0.310 e. The van der Waals surface area contributed by atoms with Gasteiger partial charge in [-0.25, -0.2) is 0 Å². The predicted octanol–water partition coefficient (Wildman–Crippen LogP) is 25.9. The zero-order valence-corrected chi connectivity index (χ0v) is 55.5. The van der Waals surface area contributed by atoms with E-state index in [1.54, 1.807) is 11.1 Å². The zero-order chi connectivity index (χ0) is 59.4. The lowest BCUT2D eigenvalue weighted by atomic mass is 9.55. The maximum absolute atomic E-state index is 2.77.